The highest BCUT2D eigenvalue weighted by Gasteiger charge is 2.09. The first-order chi connectivity index (χ1) is 9.31. The zero-order valence-electron chi connectivity index (χ0n) is 10.1. The Labute approximate surface area is 118 Å². The van der Waals surface area contributed by atoms with Gasteiger partial charge < -0.3 is 4.52 Å². The maximum Gasteiger partial charge on any atom is 0.257 e. The predicted octanol–water partition coefficient (Wildman–Crippen LogP) is 3.19. The van der Waals surface area contributed by atoms with Crippen LogP contribution in [-0.4, -0.2) is 20.3 Å². The van der Waals surface area contributed by atoms with Crippen molar-refractivity contribution in [2.75, 3.05) is 0 Å². The van der Waals surface area contributed by atoms with Gasteiger partial charge in [-0.15, -0.1) is 10.2 Å². The molecule has 0 radical (unpaired) electrons. The van der Waals surface area contributed by atoms with Crippen molar-refractivity contribution in [3.63, 3.8) is 0 Å². The molecule has 0 bridgehead atoms. The highest BCUT2D eigenvalue weighted by molar-refractivity contribution is 8.00. The smallest absolute Gasteiger partial charge is 0.257 e. The molecule has 0 aliphatic heterocycles. The number of rotatable bonds is 4. The summed E-state index contributed by atoms with van der Waals surface area (Å²) in [5, 5.41) is 11.7. The number of hydrogen-bond acceptors (Lipinski definition) is 7. The Bertz CT molecular complexity index is 649. The molecular weight excluding hydrogens is 280 g/mol. The fourth-order valence-electron chi connectivity index (χ4n) is 1.48. The molecule has 0 atom stereocenters. The summed E-state index contributed by atoms with van der Waals surface area (Å²) < 4.78 is 6.16. The molecule has 0 aliphatic carbocycles. The monoisotopic (exact) mass is 290 g/mol. The number of hydrogen-bond donors (Lipinski definition) is 0. The minimum Gasteiger partial charge on any atom is -0.334 e. The highest BCUT2D eigenvalue weighted by atomic mass is 32.2. The largest absolute Gasteiger partial charge is 0.334 e. The first-order valence-electron chi connectivity index (χ1n) is 5.60. The number of benzene rings is 1. The van der Waals surface area contributed by atoms with Crippen LogP contribution in [0.15, 0.2) is 38.6 Å². The van der Waals surface area contributed by atoms with Crippen LogP contribution in [0.3, 0.4) is 0 Å². The van der Waals surface area contributed by atoms with Gasteiger partial charge in [-0.05, 0) is 19.1 Å². The molecule has 0 saturated carbocycles. The number of aromatic nitrogens is 4. The van der Waals surface area contributed by atoms with Gasteiger partial charge in [0.05, 0.1) is 5.75 Å². The molecule has 2 heterocycles. The van der Waals surface area contributed by atoms with E-state index in [2.05, 4.69) is 20.3 Å². The van der Waals surface area contributed by atoms with Crippen molar-refractivity contribution in [3.8, 4) is 11.5 Å². The Morgan fingerprint density at radius 1 is 1.26 bits per heavy atom. The quantitative estimate of drug-likeness (QED) is 0.688. The third kappa shape index (κ3) is 2.99. The van der Waals surface area contributed by atoms with E-state index in [4.69, 9.17) is 4.52 Å². The van der Waals surface area contributed by atoms with Crippen LogP contribution in [0.25, 0.3) is 11.5 Å². The molecule has 0 fully saturated rings. The summed E-state index contributed by atoms with van der Waals surface area (Å²) in [7, 11) is 0. The van der Waals surface area contributed by atoms with E-state index in [-0.39, 0.29) is 0 Å². The van der Waals surface area contributed by atoms with Crippen molar-refractivity contribution in [3.05, 3.63) is 41.2 Å². The second-order valence-electron chi connectivity index (χ2n) is 3.88. The lowest BCUT2D eigenvalue weighted by atomic mass is 10.1. The van der Waals surface area contributed by atoms with Crippen LogP contribution in [0.5, 0.6) is 0 Å². The van der Waals surface area contributed by atoms with E-state index in [1.54, 1.807) is 17.3 Å². The van der Waals surface area contributed by atoms with E-state index in [1.807, 2.05) is 31.2 Å². The SMILES string of the molecule is Cc1ccc(-c2nc(CSc3nncs3)no2)cc1. The van der Waals surface area contributed by atoms with Crippen molar-refractivity contribution in [2.24, 2.45) is 0 Å². The van der Waals surface area contributed by atoms with E-state index in [1.165, 1.54) is 16.9 Å². The fourth-order valence-corrected chi connectivity index (χ4v) is 2.81. The van der Waals surface area contributed by atoms with Gasteiger partial charge in [-0.2, -0.15) is 4.98 Å². The average Bonchev–Trinajstić information content (AvgIpc) is 3.09. The van der Waals surface area contributed by atoms with Crippen molar-refractivity contribution in [1.29, 1.82) is 0 Å². The molecular formula is C12H10N4OS2. The van der Waals surface area contributed by atoms with Crippen LogP contribution in [0.4, 0.5) is 0 Å². The van der Waals surface area contributed by atoms with Gasteiger partial charge in [-0.3, -0.25) is 0 Å². The molecule has 0 N–H and O–H groups in total. The molecule has 0 unspecified atom stereocenters. The van der Waals surface area contributed by atoms with E-state index >= 15 is 0 Å². The molecule has 0 saturated heterocycles. The third-order valence-corrected chi connectivity index (χ3v) is 4.29. The molecule has 1 aromatic carbocycles. The molecule has 2 aromatic heterocycles. The predicted molar refractivity (Wildman–Crippen MR) is 73.9 cm³/mol. The van der Waals surface area contributed by atoms with Gasteiger partial charge in [0.25, 0.3) is 5.89 Å². The molecule has 7 heteroatoms. The minimum atomic E-state index is 0.549. The minimum absolute atomic E-state index is 0.549. The number of thioether (sulfide) groups is 1. The van der Waals surface area contributed by atoms with Gasteiger partial charge in [0, 0.05) is 5.56 Å². The second-order valence-corrected chi connectivity index (χ2v) is 5.93. The standard InChI is InChI=1S/C12H10N4OS2/c1-8-2-4-9(5-3-8)11-14-10(16-17-11)6-18-12-15-13-7-19-12/h2-5,7H,6H2,1H3. The van der Waals surface area contributed by atoms with Gasteiger partial charge in [-0.25, -0.2) is 0 Å². The van der Waals surface area contributed by atoms with Crippen LogP contribution in [0, 0.1) is 6.92 Å². The Morgan fingerprint density at radius 2 is 2.11 bits per heavy atom. The van der Waals surface area contributed by atoms with Crippen molar-refractivity contribution in [2.45, 2.75) is 17.0 Å². The van der Waals surface area contributed by atoms with Crippen LogP contribution >= 0.6 is 23.1 Å². The van der Waals surface area contributed by atoms with Crippen molar-refractivity contribution >= 4 is 23.1 Å². The summed E-state index contributed by atoms with van der Waals surface area (Å²) in [5.74, 6) is 1.84. The van der Waals surface area contributed by atoms with Crippen LogP contribution in [0.2, 0.25) is 0 Å². The molecule has 19 heavy (non-hydrogen) atoms. The summed E-state index contributed by atoms with van der Waals surface area (Å²) in [6, 6.07) is 8.00. The molecule has 5 nitrogen and oxygen atoms in total. The normalized spacial score (nSPS) is 10.8. The second kappa shape index (κ2) is 5.50. The summed E-state index contributed by atoms with van der Waals surface area (Å²) in [6.45, 7) is 2.04. The summed E-state index contributed by atoms with van der Waals surface area (Å²) in [5.41, 5.74) is 3.84. The van der Waals surface area contributed by atoms with Crippen LogP contribution in [0.1, 0.15) is 11.4 Å². The summed E-state index contributed by atoms with van der Waals surface area (Å²) in [4.78, 5) is 4.37. The van der Waals surface area contributed by atoms with Gasteiger partial charge in [0.2, 0.25) is 0 Å². The average molecular weight is 290 g/mol. The fraction of sp³-hybridized carbons (Fsp3) is 0.167. The topological polar surface area (TPSA) is 64.7 Å². The first kappa shape index (κ1) is 12.3. The number of aryl methyl sites for hydroxylation is 1. The van der Waals surface area contributed by atoms with E-state index in [0.29, 0.717) is 17.5 Å². The Morgan fingerprint density at radius 3 is 2.84 bits per heavy atom. The zero-order valence-corrected chi connectivity index (χ0v) is 11.7. The van der Waals surface area contributed by atoms with E-state index in [9.17, 15) is 0 Å². The maximum atomic E-state index is 5.25. The zero-order chi connectivity index (χ0) is 13.1. The highest BCUT2D eigenvalue weighted by Crippen LogP contribution is 2.24. The van der Waals surface area contributed by atoms with Crippen molar-refractivity contribution < 1.29 is 4.52 Å². The van der Waals surface area contributed by atoms with Crippen molar-refractivity contribution in [1.82, 2.24) is 20.3 Å². The lowest BCUT2D eigenvalue weighted by Gasteiger charge is -1.94. The van der Waals surface area contributed by atoms with Gasteiger partial charge in [0.1, 0.15) is 5.51 Å². The molecule has 3 aromatic rings. The Kier molecular flexibility index (Phi) is 3.56. The first-order valence-corrected chi connectivity index (χ1v) is 7.46. The summed E-state index contributed by atoms with van der Waals surface area (Å²) in [6.07, 6.45) is 0. The van der Waals surface area contributed by atoms with Gasteiger partial charge >= 0.3 is 0 Å². The third-order valence-electron chi connectivity index (χ3n) is 2.43. The number of nitrogens with zero attached hydrogens (tertiary/aromatic N) is 4. The molecule has 0 aliphatic rings. The lowest BCUT2D eigenvalue weighted by molar-refractivity contribution is 0.425. The lowest BCUT2D eigenvalue weighted by Crippen LogP contribution is -1.84. The van der Waals surface area contributed by atoms with Gasteiger partial charge in [-0.1, -0.05) is 46.0 Å². The Hall–Kier alpha value is -1.73. The maximum absolute atomic E-state index is 5.25. The molecule has 96 valence electrons. The summed E-state index contributed by atoms with van der Waals surface area (Å²) >= 11 is 3.05. The molecule has 3 rings (SSSR count). The van der Waals surface area contributed by atoms with E-state index < -0.39 is 0 Å². The van der Waals surface area contributed by atoms with Crippen LogP contribution < -0.4 is 0 Å². The van der Waals surface area contributed by atoms with E-state index in [0.717, 1.165) is 9.90 Å². The Balaban J connectivity index is 1.70. The molecule has 0 amide bonds. The van der Waals surface area contributed by atoms with Gasteiger partial charge in [0.15, 0.2) is 10.2 Å². The molecule has 0 spiro atoms. The van der Waals surface area contributed by atoms with Crippen LogP contribution in [-0.2, 0) is 5.75 Å².